The summed E-state index contributed by atoms with van der Waals surface area (Å²) in [5, 5.41) is 9.45. The SMILES string of the molecule is CCn1cc(C2CCCCC2)n(Cc2ccc(-c3ccccc3C(=O)O)cc2)c1=O. The highest BCUT2D eigenvalue weighted by atomic mass is 16.4. The van der Waals surface area contributed by atoms with Crippen molar-refractivity contribution in [3.8, 4) is 11.1 Å². The summed E-state index contributed by atoms with van der Waals surface area (Å²) in [5.41, 5.74) is 4.11. The number of benzene rings is 2. The van der Waals surface area contributed by atoms with E-state index in [1.54, 1.807) is 16.7 Å². The first kappa shape index (κ1) is 20.2. The van der Waals surface area contributed by atoms with E-state index in [2.05, 4.69) is 6.20 Å². The van der Waals surface area contributed by atoms with Crippen LogP contribution in [0.2, 0.25) is 0 Å². The van der Waals surface area contributed by atoms with Gasteiger partial charge in [-0.3, -0.25) is 9.13 Å². The molecule has 1 aliphatic rings. The van der Waals surface area contributed by atoms with Gasteiger partial charge in [-0.05, 0) is 42.5 Å². The molecule has 0 atom stereocenters. The number of nitrogens with zero attached hydrogens (tertiary/aromatic N) is 2. The van der Waals surface area contributed by atoms with Gasteiger partial charge in [-0.1, -0.05) is 61.7 Å². The predicted molar refractivity (Wildman–Crippen MR) is 118 cm³/mol. The summed E-state index contributed by atoms with van der Waals surface area (Å²) in [7, 11) is 0. The van der Waals surface area contributed by atoms with Gasteiger partial charge in [-0.2, -0.15) is 0 Å². The second-order valence-corrected chi connectivity index (χ2v) is 8.09. The van der Waals surface area contributed by atoms with Crippen LogP contribution >= 0.6 is 0 Å². The molecule has 3 aromatic rings. The van der Waals surface area contributed by atoms with Gasteiger partial charge in [0, 0.05) is 24.4 Å². The minimum Gasteiger partial charge on any atom is -0.478 e. The van der Waals surface area contributed by atoms with Crippen LogP contribution in [0.4, 0.5) is 0 Å². The summed E-state index contributed by atoms with van der Waals surface area (Å²) in [6.45, 7) is 3.22. The molecule has 5 nitrogen and oxygen atoms in total. The fraction of sp³-hybridized carbons (Fsp3) is 0.360. The number of aryl methyl sites for hydroxylation is 1. The van der Waals surface area contributed by atoms with E-state index in [0.29, 0.717) is 30.1 Å². The maximum atomic E-state index is 12.9. The highest BCUT2D eigenvalue weighted by Crippen LogP contribution is 2.32. The second kappa shape index (κ2) is 8.74. The molecular formula is C25H28N2O3. The quantitative estimate of drug-likeness (QED) is 0.619. The maximum absolute atomic E-state index is 12.9. The van der Waals surface area contributed by atoms with Crippen molar-refractivity contribution in [2.45, 2.75) is 58.0 Å². The molecule has 0 amide bonds. The smallest absolute Gasteiger partial charge is 0.336 e. The molecule has 1 saturated carbocycles. The lowest BCUT2D eigenvalue weighted by Gasteiger charge is -2.22. The Hall–Kier alpha value is -3.08. The van der Waals surface area contributed by atoms with E-state index in [1.165, 1.54) is 19.3 Å². The average Bonchev–Trinajstić information content (AvgIpc) is 3.10. The Morgan fingerprint density at radius 1 is 1.03 bits per heavy atom. The molecule has 1 heterocycles. The van der Waals surface area contributed by atoms with Gasteiger partial charge >= 0.3 is 11.7 Å². The van der Waals surface area contributed by atoms with E-state index < -0.39 is 5.97 Å². The zero-order valence-corrected chi connectivity index (χ0v) is 17.4. The second-order valence-electron chi connectivity index (χ2n) is 8.09. The van der Waals surface area contributed by atoms with Crippen LogP contribution in [0.5, 0.6) is 0 Å². The number of imidazole rings is 1. The average molecular weight is 405 g/mol. The summed E-state index contributed by atoms with van der Waals surface area (Å²) >= 11 is 0. The third-order valence-corrected chi connectivity index (χ3v) is 6.20. The van der Waals surface area contributed by atoms with Crippen LogP contribution in [0.25, 0.3) is 11.1 Å². The highest BCUT2D eigenvalue weighted by Gasteiger charge is 2.22. The lowest BCUT2D eigenvalue weighted by Crippen LogP contribution is -2.26. The van der Waals surface area contributed by atoms with E-state index in [4.69, 9.17) is 0 Å². The third-order valence-electron chi connectivity index (χ3n) is 6.20. The molecule has 0 spiro atoms. The lowest BCUT2D eigenvalue weighted by atomic mass is 9.87. The molecule has 1 N–H and O–H groups in total. The van der Waals surface area contributed by atoms with Crippen molar-refractivity contribution in [1.82, 2.24) is 9.13 Å². The van der Waals surface area contributed by atoms with Gasteiger partial charge in [0.1, 0.15) is 0 Å². The van der Waals surface area contributed by atoms with Crippen molar-refractivity contribution >= 4 is 5.97 Å². The number of aromatic carboxylic acids is 1. The molecule has 5 heteroatoms. The molecule has 0 bridgehead atoms. The van der Waals surface area contributed by atoms with Crippen molar-refractivity contribution in [2.24, 2.45) is 0 Å². The van der Waals surface area contributed by atoms with Gasteiger partial charge in [-0.25, -0.2) is 9.59 Å². The standard InChI is InChI=1S/C25H28N2O3/c1-2-26-17-23(20-8-4-3-5-9-20)27(25(26)30)16-18-12-14-19(15-13-18)21-10-6-7-11-22(21)24(28)29/h6-7,10-15,17,20H,2-5,8-9,16H2,1H3,(H,28,29). The fourth-order valence-electron chi connectivity index (χ4n) is 4.55. The van der Waals surface area contributed by atoms with Crippen LogP contribution in [0, 0.1) is 0 Å². The first-order chi connectivity index (χ1) is 14.6. The van der Waals surface area contributed by atoms with Gasteiger partial charge in [0.05, 0.1) is 12.1 Å². The van der Waals surface area contributed by atoms with Crippen molar-refractivity contribution in [3.05, 3.63) is 82.0 Å². The maximum Gasteiger partial charge on any atom is 0.336 e. The molecule has 0 saturated heterocycles. The molecule has 0 unspecified atom stereocenters. The summed E-state index contributed by atoms with van der Waals surface area (Å²) < 4.78 is 3.74. The number of rotatable bonds is 6. The lowest BCUT2D eigenvalue weighted by molar-refractivity contribution is 0.0697. The van der Waals surface area contributed by atoms with Crippen LogP contribution in [-0.4, -0.2) is 20.2 Å². The number of carboxylic acids is 1. The molecule has 2 aromatic carbocycles. The third kappa shape index (κ3) is 3.97. The van der Waals surface area contributed by atoms with Gasteiger partial charge in [-0.15, -0.1) is 0 Å². The molecular weight excluding hydrogens is 376 g/mol. The number of aromatic nitrogens is 2. The van der Waals surface area contributed by atoms with E-state index >= 15 is 0 Å². The number of carboxylic acid groups (broad SMARTS) is 1. The van der Waals surface area contributed by atoms with Crippen molar-refractivity contribution < 1.29 is 9.90 Å². The summed E-state index contributed by atoms with van der Waals surface area (Å²) in [4.78, 5) is 24.5. The number of hydrogen-bond donors (Lipinski definition) is 1. The minimum atomic E-state index is -0.931. The molecule has 0 radical (unpaired) electrons. The number of hydrogen-bond acceptors (Lipinski definition) is 2. The molecule has 1 fully saturated rings. The van der Waals surface area contributed by atoms with Gasteiger partial charge < -0.3 is 5.11 Å². The van der Waals surface area contributed by atoms with Crippen LogP contribution in [0.3, 0.4) is 0 Å². The van der Waals surface area contributed by atoms with Crippen LogP contribution in [-0.2, 0) is 13.1 Å². The van der Waals surface area contributed by atoms with Crippen LogP contribution in [0.15, 0.2) is 59.5 Å². The first-order valence-corrected chi connectivity index (χ1v) is 10.8. The Kier molecular flexibility index (Phi) is 5.88. The molecule has 1 aromatic heterocycles. The Labute approximate surface area is 176 Å². The molecule has 1 aliphatic carbocycles. The minimum absolute atomic E-state index is 0.0540. The summed E-state index contributed by atoms with van der Waals surface area (Å²) in [5.74, 6) is -0.472. The van der Waals surface area contributed by atoms with Crippen LogP contribution < -0.4 is 5.69 Å². The molecule has 156 valence electrons. The molecule has 30 heavy (non-hydrogen) atoms. The molecule has 0 aliphatic heterocycles. The Balaban J connectivity index is 1.63. The predicted octanol–water partition coefficient (Wildman–Crippen LogP) is 5.13. The molecule has 4 rings (SSSR count). The number of carbonyl (C=O) groups is 1. The zero-order chi connectivity index (χ0) is 21.1. The zero-order valence-electron chi connectivity index (χ0n) is 17.4. The monoisotopic (exact) mass is 404 g/mol. The first-order valence-electron chi connectivity index (χ1n) is 10.8. The van der Waals surface area contributed by atoms with E-state index in [-0.39, 0.29) is 5.69 Å². The summed E-state index contributed by atoms with van der Waals surface area (Å²) in [6.07, 6.45) is 8.10. The van der Waals surface area contributed by atoms with Crippen molar-refractivity contribution in [3.63, 3.8) is 0 Å². The normalized spacial score (nSPS) is 14.7. The fourth-order valence-corrected chi connectivity index (χ4v) is 4.55. The topological polar surface area (TPSA) is 64.2 Å². The van der Waals surface area contributed by atoms with Crippen molar-refractivity contribution in [1.29, 1.82) is 0 Å². The highest BCUT2D eigenvalue weighted by molar-refractivity contribution is 5.95. The Morgan fingerprint density at radius 3 is 2.40 bits per heavy atom. The van der Waals surface area contributed by atoms with Gasteiger partial charge in [0.15, 0.2) is 0 Å². The van der Waals surface area contributed by atoms with E-state index in [0.717, 1.165) is 29.7 Å². The van der Waals surface area contributed by atoms with Gasteiger partial charge in [0.2, 0.25) is 0 Å². The van der Waals surface area contributed by atoms with E-state index in [1.807, 2.05) is 47.9 Å². The summed E-state index contributed by atoms with van der Waals surface area (Å²) in [6, 6.07) is 14.9. The Morgan fingerprint density at radius 2 is 1.73 bits per heavy atom. The van der Waals surface area contributed by atoms with E-state index in [9.17, 15) is 14.7 Å². The van der Waals surface area contributed by atoms with Gasteiger partial charge in [0.25, 0.3) is 0 Å². The Bertz CT molecular complexity index is 1090. The van der Waals surface area contributed by atoms with Crippen molar-refractivity contribution in [2.75, 3.05) is 0 Å². The largest absolute Gasteiger partial charge is 0.478 e. The van der Waals surface area contributed by atoms with Crippen LogP contribution in [0.1, 0.15) is 66.6 Å².